The van der Waals surface area contributed by atoms with Gasteiger partial charge < -0.3 is 25.0 Å². The fraction of sp³-hybridized carbons (Fsp3) is 0.500. The van der Waals surface area contributed by atoms with Crippen molar-refractivity contribution in [1.82, 2.24) is 10.2 Å². The average Bonchev–Trinajstić information content (AvgIpc) is 2.54. The summed E-state index contributed by atoms with van der Waals surface area (Å²) in [4.78, 5) is 25.1. The van der Waals surface area contributed by atoms with Gasteiger partial charge in [0, 0.05) is 37.8 Å². The second-order valence-corrected chi connectivity index (χ2v) is 5.46. The number of nitrogens with one attached hydrogen (secondary N) is 2. The van der Waals surface area contributed by atoms with Crippen molar-refractivity contribution in [3.63, 3.8) is 0 Å². The molecular weight excluding hydrogens is 298 g/mol. The minimum Gasteiger partial charge on any atom is -0.493 e. The standard InChI is InChI=1S/C16H23N3O4/c1-11(20)17-12-6-8-19(9-7-12)16(21)18-13-4-5-14(22-2)15(10-13)23-3/h4-5,10,12H,6-9H2,1-3H3,(H,17,20)(H,18,21). The third-order valence-corrected chi connectivity index (χ3v) is 3.82. The molecular formula is C16H23N3O4. The van der Waals surface area contributed by atoms with Gasteiger partial charge >= 0.3 is 6.03 Å². The summed E-state index contributed by atoms with van der Waals surface area (Å²) in [5.74, 6) is 1.15. The number of ether oxygens (including phenoxy) is 2. The van der Waals surface area contributed by atoms with Crippen LogP contribution in [0.1, 0.15) is 19.8 Å². The number of nitrogens with zero attached hydrogens (tertiary/aromatic N) is 1. The molecule has 7 heteroatoms. The molecule has 0 unspecified atom stereocenters. The maximum Gasteiger partial charge on any atom is 0.321 e. The van der Waals surface area contributed by atoms with Crippen LogP contribution in [0, 0.1) is 0 Å². The van der Waals surface area contributed by atoms with Gasteiger partial charge in [-0.25, -0.2) is 4.79 Å². The fourth-order valence-electron chi connectivity index (χ4n) is 2.63. The number of amides is 3. The van der Waals surface area contributed by atoms with Gasteiger partial charge in [-0.15, -0.1) is 0 Å². The second-order valence-electron chi connectivity index (χ2n) is 5.46. The Morgan fingerprint density at radius 3 is 2.35 bits per heavy atom. The number of piperidine rings is 1. The molecule has 1 aromatic rings. The molecule has 0 saturated carbocycles. The van der Waals surface area contributed by atoms with E-state index in [-0.39, 0.29) is 18.0 Å². The number of likely N-dealkylation sites (tertiary alicyclic amines) is 1. The summed E-state index contributed by atoms with van der Waals surface area (Å²) >= 11 is 0. The van der Waals surface area contributed by atoms with Crippen molar-refractivity contribution in [1.29, 1.82) is 0 Å². The van der Waals surface area contributed by atoms with Gasteiger partial charge in [-0.3, -0.25) is 4.79 Å². The van der Waals surface area contributed by atoms with Crippen LogP contribution in [-0.2, 0) is 4.79 Å². The Morgan fingerprint density at radius 2 is 1.78 bits per heavy atom. The molecule has 0 radical (unpaired) electrons. The Balaban J connectivity index is 1.91. The van der Waals surface area contributed by atoms with Gasteiger partial charge in [-0.1, -0.05) is 0 Å². The molecule has 3 amide bonds. The maximum atomic E-state index is 12.3. The summed E-state index contributed by atoms with van der Waals surface area (Å²) in [7, 11) is 3.12. The van der Waals surface area contributed by atoms with Gasteiger partial charge in [0.05, 0.1) is 14.2 Å². The lowest BCUT2D eigenvalue weighted by molar-refractivity contribution is -0.119. The maximum absolute atomic E-state index is 12.3. The molecule has 1 aliphatic heterocycles. The molecule has 1 aromatic carbocycles. The lowest BCUT2D eigenvalue weighted by atomic mass is 10.1. The van der Waals surface area contributed by atoms with Crippen molar-refractivity contribution in [2.45, 2.75) is 25.8 Å². The van der Waals surface area contributed by atoms with Crippen molar-refractivity contribution in [3.8, 4) is 11.5 Å². The molecule has 23 heavy (non-hydrogen) atoms. The van der Waals surface area contributed by atoms with Crippen molar-refractivity contribution in [2.75, 3.05) is 32.6 Å². The molecule has 1 heterocycles. The quantitative estimate of drug-likeness (QED) is 0.887. The monoisotopic (exact) mass is 321 g/mol. The predicted octanol–water partition coefficient (Wildman–Crippen LogP) is 1.84. The topological polar surface area (TPSA) is 79.9 Å². The van der Waals surface area contributed by atoms with E-state index in [2.05, 4.69) is 10.6 Å². The second kappa shape index (κ2) is 7.71. The van der Waals surface area contributed by atoms with Crippen LogP contribution < -0.4 is 20.1 Å². The lowest BCUT2D eigenvalue weighted by Gasteiger charge is -2.32. The zero-order chi connectivity index (χ0) is 16.8. The number of urea groups is 1. The molecule has 1 fully saturated rings. The highest BCUT2D eigenvalue weighted by Crippen LogP contribution is 2.29. The first kappa shape index (κ1) is 16.9. The first-order valence-electron chi connectivity index (χ1n) is 7.58. The minimum absolute atomic E-state index is 0.0294. The van der Waals surface area contributed by atoms with Crippen LogP contribution >= 0.6 is 0 Å². The Labute approximate surface area is 135 Å². The first-order chi connectivity index (χ1) is 11.0. The average molecular weight is 321 g/mol. The third-order valence-electron chi connectivity index (χ3n) is 3.82. The molecule has 1 aliphatic rings. The van der Waals surface area contributed by atoms with E-state index in [1.165, 1.54) is 6.92 Å². The van der Waals surface area contributed by atoms with Crippen molar-refractivity contribution < 1.29 is 19.1 Å². The number of carbonyl (C=O) groups excluding carboxylic acids is 2. The van der Waals surface area contributed by atoms with Crippen LogP contribution in [0.2, 0.25) is 0 Å². The van der Waals surface area contributed by atoms with E-state index in [1.807, 2.05) is 0 Å². The van der Waals surface area contributed by atoms with Gasteiger partial charge in [-0.05, 0) is 25.0 Å². The van der Waals surface area contributed by atoms with Gasteiger partial charge in [0.15, 0.2) is 11.5 Å². The van der Waals surface area contributed by atoms with Gasteiger partial charge in [0.25, 0.3) is 0 Å². The summed E-state index contributed by atoms with van der Waals surface area (Å²) in [5, 5.41) is 5.75. The highest BCUT2D eigenvalue weighted by atomic mass is 16.5. The SMILES string of the molecule is COc1ccc(NC(=O)N2CCC(NC(C)=O)CC2)cc1OC. The molecule has 2 N–H and O–H groups in total. The van der Waals surface area contributed by atoms with E-state index in [4.69, 9.17) is 9.47 Å². The smallest absolute Gasteiger partial charge is 0.321 e. The number of hydrogen-bond donors (Lipinski definition) is 2. The third kappa shape index (κ3) is 4.51. The molecule has 7 nitrogen and oxygen atoms in total. The summed E-state index contributed by atoms with van der Waals surface area (Å²) in [6.07, 6.45) is 1.53. The van der Waals surface area contributed by atoms with E-state index in [1.54, 1.807) is 37.3 Å². The number of methoxy groups -OCH3 is 2. The highest BCUT2D eigenvalue weighted by molar-refractivity contribution is 5.89. The minimum atomic E-state index is -0.154. The number of benzene rings is 1. The Hall–Kier alpha value is -2.44. The predicted molar refractivity (Wildman–Crippen MR) is 87.0 cm³/mol. The van der Waals surface area contributed by atoms with E-state index >= 15 is 0 Å². The number of rotatable bonds is 4. The highest BCUT2D eigenvalue weighted by Gasteiger charge is 2.23. The van der Waals surface area contributed by atoms with E-state index < -0.39 is 0 Å². The van der Waals surface area contributed by atoms with E-state index in [0.717, 1.165) is 12.8 Å². The van der Waals surface area contributed by atoms with Crippen molar-refractivity contribution in [3.05, 3.63) is 18.2 Å². The Morgan fingerprint density at radius 1 is 1.13 bits per heavy atom. The first-order valence-corrected chi connectivity index (χ1v) is 7.58. The van der Waals surface area contributed by atoms with Gasteiger partial charge in [-0.2, -0.15) is 0 Å². The molecule has 0 spiro atoms. The van der Waals surface area contributed by atoms with Gasteiger partial charge in [0.1, 0.15) is 0 Å². The summed E-state index contributed by atoms with van der Waals surface area (Å²) < 4.78 is 10.4. The molecule has 0 bridgehead atoms. The zero-order valence-corrected chi connectivity index (χ0v) is 13.7. The van der Waals surface area contributed by atoms with Crippen molar-refractivity contribution in [2.24, 2.45) is 0 Å². The van der Waals surface area contributed by atoms with Crippen LogP contribution in [0.4, 0.5) is 10.5 Å². The van der Waals surface area contributed by atoms with Crippen molar-refractivity contribution >= 4 is 17.6 Å². The van der Waals surface area contributed by atoms with Gasteiger partial charge in [0.2, 0.25) is 5.91 Å². The molecule has 0 aromatic heterocycles. The molecule has 0 atom stereocenters. The normalized spacial score (nSPS) is 15.0. The summed E-state index contributed by atoms with van der Waals surface area (Å²) in [6.45, 7) is 2.74. The molecule has 126 valence electrons. The van der Waals surface area contributed by atoms with Crippen LogP contribution in [0.5, 0.6) is 11.5 Å². The number of hydrogen-bond acceptors (Lipinski definition) is 4. The molecule has 0 aliphatic carbocycles. The molecule has 2 rings (SSSR count). The zero-order valence-electron chi connectivity index (χ0n) is 13.7. The summed E-state index contributed by atoms with van der Waals surface area (Å²) in [6, 6.07) is 5.23. The number of carbonyl (C=O) groups is 2. The lowest BCUT2D eigenvalue weighted by Crippen LogP contribution is -2.47. The van der Waals surface area contributed by atoms with E-state index in [9.17, 15) is 9.59 Å². The van der Waals surface area contributed by atoms with Crippen LogP contribution in [-0.4, -0.2) is 50.2 Å². The summed E-state index contributed by atoms with van der Waals surface area (Å²) in [5.41, 5.74) is 0.650. The Kier molecular flexibility index (Phi) is 5.67. The fourth-order valence-corrected chi connectivity index (χ4v) is 2.63. The van der Waals surface area contributed by atoms with E-state index in [0.29, 0.717) is 30.3 Å². The van der Waals surface area contributed by atoms with Crippen LogP contribution in [0.25, 0.3) is 0 Å². The largest absolute Gasteiger partial charge is 0.493 e. The number of anilines is 1. The Bertz CT molecular complexity index is 568. The van der Waals surface area contributed by atoms with Crippen LogP contribution in [0.15, 0.2) is 18.2 Å². The molecule has 1 saturated heterocycles. The van der Waals surface area contributed by atoms with Crippen LogP contribution in [0.3, 0.4) is 0 Å².